The molecular formula is C14H17F3N2O2. The number of rotatable bonds is 5. The van der Waals surface area contributed by atoms with Crippen molar-refractivity contribution in [3.05, 3.63) is 23.8 Å². The summed E-state index contributed by atoms with van der Waals surface area (Å²) in [6.45, 7) is 0.909. The Bertz CT molecular complexity index is 527. The number of carbonyl (C=O) groups excluding carboxylic acids is 1. The molecule has 4 nitrogen and oxygen atoms in total. The number of nitrogen functional groups attached to an aromatic ring is 1. The lowest BCUT2D eigenvalue weighted by Crippen LogP contribution is -2.40. The highest BCUT2D eigenvalue weighted by Gasteiger charge is 2.41. The SMILES string of the molecule is CCOc1cc(N)cc(C(=O)N(CC(F)(F)F)C2CC2)c1. The van der Waals surface area contributed by atoms with Crippen molar-refractivity contribution in [2.45, 2.75) is 32.0 Å². The monoisotopic (exact) mass is 302 g/mol. The molecule has 0 radical (unpaired) electrons. The lowest BCUT2D eigenvalue weighted by Gasteiger charge is -2.24. The van der Waals surface area contributed by atoms with Crippen molar-refractivity contribution >= 4 is 11.6 Å². The van der Waals surface area contributed by atoms with Crippen LogP contribution in [0.3, 0.4) is 0 Å². The first kappa shape index (κ1) is 15.5. The van der Waals surface area contributed by atoms with Gasteiger partial charge in [-0.05, 0) is 31.9 Å². The van der Waals surface area contributed by atoms with E-state index in [-0.39, 0.29) is 17.3 Å². The molecule has 0 aromatic heterocycles. The lowest BCUT2D eigenvalue weighted by atomic mass is 10.1. The minimum atomic E-state index is -4.42. The molecule has 7 heteroatoms. The van der Waals surface area contributed by atoms with E-state index in [1.807, 2.05) is 0 Å². The number of amides is 1. The van der Waals surface area contributed by atoms with E-state index in [1.165, 1.54) is 18.2 Å². The van der Waals surface area contributed by atoms with Crippen molar-refractivity contribution in [1.29, 1.82) is 0 Å². The summed E-state index contributed by atoms with van der Waals surface area (Å²) in [6.07, 6.45) is -3.22. The minimum Gasteiger partial charge on any atom is -0.494 e. The highest BCUT2D eigenvalue weighted by molar-refractivity contribution is 5.96. The van der Waals surface area contributed by atoms with Crippen LogP contribution in [0.15, 0.2) is 18.2 Å². The first-order chi connectivity index (χ1) is 9.80. The molecule has 2 rings (SSSR count). The molecule has 1 aromatic carbocycles. The number of anilines is 1. The molecule has 0 saturated heterocycles. The van der Waals surface area contributed by atoms with Crippen molar-refractivity contribution in [2.24, 2.45) is 0 Å². The molecule has 0 heterocycles. The molecule has 0 bridgehead atoms. The molecule has 1 aromatic rings. The largest absolute Gasteiger partial charge is 0.494 e. The molecule has 1 saturated carbocycles. The van der Waals surface area contributed by atoms with E-state index >= 15 is 0 Å². The number of nitrogens with zero attached hydrogens (tertiary/aromatic N) is 1. The van der Waals surface area contributed by atoms with Crippen molar-refractivity contribution < 1.29 is 22.7 Å². The zero-order valence-electron chi connectivity index (χ0n) is 11.6. The van der Waals surface area contributed by atoms with Crippen molar-refractivity contribution in [3.63, 3.8) is 0 Å². The molecule has 1 amide bonds. The molecule has 0 aliphatic heterocycles. The average Bonchev–Trinajstić information content (AvgIpc) is 3.18. The summed E-state index contributed by atoms with van der Waals surface area (Å²) in [5.41, 5.74) is 6.08. The third-order valence-electron chi connectivity index (χ3n) is 3.08. The number of nitrogens with two attached hydrogens (primary N) is 1. The van der Waals surface area contributed by atoms with Gasteiger partial charge in [0.25, 0.3) is 5.91 Å². The van der Waals surface area contributed by atoms with E-state index in [2.05, 4.69) is 0 Å². The van der Waals surface area contributed by atoms with Gasteiger partial charge in [0.1, 0.15) is 12.3 Å². The number of carbonyl (C=O) groups is 1. The van der Waals surface area contributed by atoms with Crippen LogP contribution in [-0.2, 0) is 0 Å². The number of alkyl halides is 3. The van der Waals surface area contributed by atoms with Gasteiger partial charge in [0.15, 0.2) is 0 Å². The minimum absolute atomic E-state index is 0.120. The molecule has 2 N–H and O–H groups in total. The molecule has 0 unspecified atom stereocenters. The Balaban J connectivity index is 2.24. The van der Waals surface area contributed by atoms with Gasteiger partial charge in [0.05, 0.1) is 6.61 Å². The van der Waals surface area contributed by atoms with E-state index in [1.54, 1.807) is 6.92 Å². The number of ether oxygens (including phenoxy) is 1. The summed E-state index contributed by atoms with van der Waals surface area (Å²) >= 11 is 0. The number of halogens is 3. The van der Waals surface area contributed by atoms with E-state index in [9.17, 15) is 18.0 Å². The Morgan fingerprint density at radius 1 is 1.38 bits per heavy atom. The first-order valence-electron chi connectivity index (χ1n) is 6.71. The fourth-order valence-electron chi connectivity index (χ4n) is 2.11. The third kappa shape index (κ3) is 4.27. The summed E-state index contributed by atoms with van der Waals surface area (Å²) in [5.74, 6) is -0.285. The van der Waals surface area contributed by atoms with E-state index in [4.69, 9.17) is 10.5 Å². The van der Waals surface area contributed by atoms with Crippen LogP contribution in [0, 0.1) is 0 Å². The molecule has 0 atom stereocenters. The average molecular weight is 302 g/mol. The summed E-state index contributed by atoms with van der Waals surface area (Å²) in [6, 6.07) is 3.99. The van der Waals surface area contributed by atoms with Gasteiger partial charge in [-0.15, -0.1) is 0 Å². The highest BCUT2D eigenvalue weighted by Crippen LogP contribution is 2.32. The zero-order valence-corrected chi connectivity index (χ0v) is 11.6. The molecule has 1 fully saturated rings. The van der Waals surface area contributed by atoms with Crippen LogP contribution in [0.25, 0.3) is 0 Å². The second kappa shape index (κ2) is 5.83. The molecule has 21 heavy (non-hydrogen) atoms. The second-order valence-corrected chi connectivity index (χ2v) is 5.00. The van der Waals surface area contributed by atoms with Crippen LogP contribution in [0.1, 0.15) is 30.1 Å². The van der Waals surface area contributed by atoms with Gasteiger partial charge in [-0.3, -0.25) is 4.79 Å². The topological polar surface area (TPSA) is 55.6 Å². The quantitative estimate of drug-likeness (QED) is 0.851. The summed E-state index contributed by atoms with van der Waals surface area (Å²) in [7, 11) is 0. The van der Waals surface area contributed by atoms with Gasteiger partial charge >= 0.3 is 6.18 Å². The predicted molar refractivity (Wildman–Crippen MR) is 72.1 cm³/mol. The standard InChI is InChI=1S/C14H17F3N2O2/c1-2-21-12-6-9(5-10(18)7-12)13(20)19(11-3-4-11)8-14(15,16)17/h5-7,11H,2-4,8,18H2,1H3. The summed E-state index contributed by atoms with van der Waals surface area (Å²) in [5, 5.41) is 0. The van der Waals surface area contributed by atoms with Crippen LogP contribution >= 0.6 is 0 Å². The van der Waals surface area contributed by atoms with Crippen molar-refractivity contribution in [3.8, 4) is 5.75 Å². The number of hydrogen-bond acceptors (Lipinski definition) is 3. The van der Waals surface area contributed by atoms with E-state index in [0.717, 1.165) is 4.90 Å². The van der Waals surface area contributed by atoms with Crippen LogP contribution < -0.4 is 10.5 Å². The number of hydrogen-bond donors (Lipinski definition) is 1. The maximum Gasteiger partial charge on any atom is 0.406 e. The van der Waals surface area contributed by atoms with Crippen LogP contribution in [0.4, 0.5) is 18.9 Å². The molecule has 1 aliphatic carbocycles. The van der Waals surface area contributed by atoms with Gasteiger partial charge < -0.3 is 15.4 Å². The van der Waals surface area contributed by atoms with Gasteiger partial charge in [0, 0.05) is 23.4 Å². The molecular weight excluding hydrogens is 285 g/mol. The Morgan fingerprint density at radius 2 is 2.05 bits per heavy atom. The van der Waals surface area contributed by atoms with Crippen molar-refractivity contribution in [1.82, 2.24) is 4.90 Å². The van der Waals surface area contributed by atoms with Crippen LogP contribution in [0.2, 0.25) is 0 Å². The normalized spacial score (nSPS) is 14.9. The van der Waals surface area contributed by atoms with Gasteiger partial charge in [-0.2, -0.15) is 13.2 Å². The summed E-state index contributed by atoms with van der Waals surface area (Å²) < 4.78 is 43.1. The Labute approximate surface area is 120 Å². The Hall–Kier alpha value is -1.92. The maximum atomic E-state index is 12.6. The Kier molecular flexibility index (Phi) is 4.29. The molecule has 116 valence electrons. The van der Waals surface area contributed by atoms with Gasteiger partial charge in [-0.25, -0.2) is 0 Å². The molecule has 1 aliphatic rings. The van der Waals surface area contributed by atoms with Crippen LogP contribution in [-0.4, -0.2) is 36.2 Å². The summed E-state index contributed by atoms with van der Waals surface area (Å²) in [4.78, 5) is 13.2. The number of benzene rings is 1. The third-order valence-corrected chi connectivity index (χ3v) is 3.08. The smallest absolute Gasteiger partial charge is 0.406 e. The van der Waals surface area contributed by atoms with Crippen LogP contribution in [0.5, 0.6) is 5.75 Å². The first-order valence-corrected chi connectivity index (χ1v) is 6.71. The van der Waals surface area contributed by atoms with E-state index in [0.29, 0.717) is 25.2 Å². The van der Waals surface area contributed by atoms with Crippen molar-refractivity contribution in [2.75, 3.05) is 18.9 Å². The fourth-order valence-corrected chi connectivity index (χ4v) is 2.11. The molecule has 0 spiro atoms. The maximum absolute atomic E-state index is 12.6. The van der Waals surface area contributed by atoms with Gasteiger partial charge in [-0.1, -0.05) is 0 Å². The second-order valence-electron chi connectivity index (χ2n) is 5.00. The Morgan fingerprint density at radius 3 is 2.57 bits per heavy atom. The predicted octanol–water partition coefficient (Wildman–Crippen LogP) is 2.83. The zero-order chi connectivity index (χ0) is 15.6. The van der Waals surface area contributed by atoms with E-state index < -0.39 is 18.6 Å². The highest BCUT2D eigenvalue weighted by atomic mass is 19.4. The van der Waals surface area contributed by atoms with Gasteiger partial charge in [0.2, 0.25) is 0 Å². The fraction of sp³-hybridized carbons (Fsp3) is 0.500. The lowest BCUT2D eigenvalue weighted by molar-refractivity contribution is -0.141.